The monoisotopic (exact) mass is 486 g/mol. The third-order valence-corrected chi connectivity index (χ3v) is 9.48. The number of carbonyl (C=O) groups excluding carboxylic acids is 1. The molecule has 4 aliphatic heterocycles. The van der Waals surface area contributed by atoms with Gasteiger partial charge in [0, 0.05) is 43.9 Å². The number of ether oxygens (including phenoxy) is 2. The van der Waals surface area contributed by atoms with Crippen LogP contribution in [-0.2, 0) is 30.5 Å². The largest absolute Gasteiger partial charge is 0.491 e. The van der Waals surface area contributed by atoms with E-state index in [1.165, 1.54) is 48.9 Å². The van der Waals surface area contributed by atoms with Gasteiger partial charge >= 0.3 is 0 Å². The van der Waals surface area contributed by atoms with Crippen LogP contribution in [0.25, 0.3) is 0 Å². The molecule has 4 heterocycles. The summed E-state index contributed by atoms with van der Waals surface area (Å²) in [5.74, 6) is 1.96. The second kappa shape index (κ2) is 9.50. The van der Waals surface area contributed by atoms with Crippen molar-refractivity contribution in [2.24, 2.45) is 5.92 Å². The number of amides is 1. The van der Waals surface area contributed by atoms with E-state index in [9.17, 15) is 4.79 Å². The molecule has 0 radical (unpaired) electrons. The minimum atomic E-state index is 0.185. The molecule has 5 nitrogen and oxygen atoms in total. The number of nitrogens with zero attached hydrogens (tertiary/aromatic N) is 2. The molecule has 0 N–H and O–H groups in total. The Morgan fingerprint density at radius 3 is 2.61 bits per heavy atom. The topological polar surface area (TPSA) is 42.0 Å². The first-order valence-corrected chi connectivity index (χ1v) is 14.2. The van der Waals surface area contributed by atoms with Crippen molar-refractivity contribution in [2.45, 2.75) is 82.5 Å². The highest BCUT2D eigenvalue weighted by molar-refractivity contribution is 5.97. The van der Waals surface area contributed by atoms with Gasteiger partial charge in [0.15, 0.2) is 0 Å². The Hall–Kier alpha value is -2.37. The fourth-order valence-electron chi connectivity index (χ4n) is 7.45. The predicted octanol–water partition coefficient (Wildman–Crippen LogP) is 4.78. The van der Waals surface area contributed by atoms with Gasteiger partial charge in [-0.15, -0.1) is 0 Å². The minimum absolute atomic E-state index is 0.185. The van der Waals surface area contributed by atoms with Crippen LogP contribution in [0.4, 0.5) is 0 Å². The summed E-state index contributed by atoms with van der Waals surface area (Å²) in [6.07, 6.45) is 10.9. The van der Waals surface area contributed by atoms with Gasteiger partial charge in [0.2, 0.25) is 0 Å². The van der Waals surface area contributed by atoms with Crippen molar-refractivity contribution in [1.29, 1.82) is 0 Å². The zero-order valence-corrected chi connectivity index (χ0v) is 21.3. The van der Waals surface area contributed by atoms with E-state index in [1.807, 2.05) is 12.1 Å². The van der Waals surface area contributed by atoms with Gasteiger partial charge in [-0.05, 0) is 104 Å². The van der Waals surface area contributed by atoms with Gasteiger partial charge in [-0.25, -0.2) is 0 Å². The molecule has 5 heteroatoms. The third kappa shape index (κ3) is 4.35. The fourth-order valence-corrected chi connectivity index (χ4v) is 7.45. The predicted molar refractivity (Wildman–Crippen MR) is 139 cm³/mol. The normalized spacial score (nSPS) is 29.4. The van der Waals surface area contributed by atoms with Crippen molar-refractivity contribution in [1.82, 2.24) is 9.80 Å². The van der Waals surface area contributed by atoms with E-state index in [-0.39, 0.29) is 18.1 Å². The van der Waals surface area contributed by atoms with Crippen molar-refractivity contribution in [3.63, 3.8) is 0 Å². The van der Waals surface area contributed by atoms with Gasteiger partial charge in [-0.1, -0.05) is 18.2 Å². The molecule has 8 rings (SSSR count). The lowest BCUT2D eigenvalue weighted by molar-refractivity contribution is 0.0426. The van der Waals surface area contributed by atoms with Crippen LogP contribution >= 0.6 is 0 Å². The third-order valence-electron chi connectivity index (χ3n) is 9.48. The van der Waals surface area contributed by atoms with Crippen LogP contribution in [0.3, 0.4) is 0 Å². The smallest absolute Gasteiger partial charge is 0.254 e. The molecule has 2 aromatic rings. The van der Waals surface area contributed by atoms with Crippen molar-refractivity contribution in [3.05, 3.63) is 64.2 Å². The first kappa shape index (κ1) is 22.8. The number of fused-ring (bicyclic) bond motifs is 5. The van der Waals surface area contributed by atoms with E-state index in [0.717, 1.165) is 80.6 Å². The van der Waals surface area contributed by atoms with Crippen LogP contribution in [0, 0.1) is 5.92 Å². The van der Waals surface area contributed by atoms with Gasteiger partial charge in [-0.3, -0.25) is 9.69 Å². The summed E-state index contributed by atoms with van der Waals surface area (Å²) >= 11 is 0. The van der Waals surface area contributed by atoms with Crippen molar-refractivity contribution >= 4 is 5.91 Å². The maximum Gasteiger partial charge on any atom is 0.254 e. The van der Waals surface area contributed by atoms with E-state index in [0.29, 0.717) is 6.61 Å². The number of benzene rings is 2. The lowest BCUT2D eigenvalue weighted by Crippen LogP contribution is -2.47. The summed E-state index contributed by atoms with van der Waals surface area (Å²) in [7, 11) is 0. The second-order valence-corrected chi connectivity index (χ2v) is 11.8. The first-order chi connectivity index (χ1) is 17.7. The van der Waals surface area contributed by atoms with Crippen LogP contribution < -0.4 is 4.74 Å². The van der Waals surface area contributed by atoms with Crippen molar-refractivity contribution < 1.29 is 14.3 Å². The quantitative estimate of drug-likeness (QED) is 0.589. The highest BCUT2D eigenvalue weighted by Crippen LogP contribution is 2.36. The minimum Gasteiger partial charge on any atom is -0.491 e. The summed E-state index contributed by atoms with van der Waals surface area (Å²) in [5, 5.41) is 0. The number of carbonyl (C=O) groups is 1. The average molecular weight is 487 g/mol. The Balaban J connectivity index is 0.998. The van der Waals surface area contributed by atoms with E-state index >= 15 is 0 Å². The standard InChI is InChI=1S/C31H38N2O3/c34-31-30-10-9-28(36-20-29-2-1-13-35-29)17-24(30)11-12-33(31)27-15-23-6-3-22(14-25(23)16-27)19-32-18-21-4-7-26(32)8-5-21/h3,6,9-10,14,17,21,26-27,29H,1-2,4-5,7-8,11-13,15-16,18-20H2/t21?,26?,27-,29+/m1/s1. The highest BCUT2D eigenvalue weighted by atomic mass is 16.5. The summed E-state index contributed by atoms with van der Waals surface area (Å²) in [6.45, 7) is 4.61. The maximum absolute atomic E-state index is 13.5. The molecule has 3 saturated heterocycles. The molecule has 1 amide bonds. The van der Waals surface area contributed by atoms with Gasteiger partial charge in [-0.2, -0.15) is 0 Å². The molecule has 0 unspecified atom stereocenters. The van der Waals surface area contributed by atoms with E-state index in [4.69, 9.17) is 9.47 Å². The lowest BCUT2D eigenvalue weighted by atomic mass is 9.80. The number of hydrogen-bond acceptors (Lipinski definition) is 4. The molecule has 2 aliphatic carbocycles. The Morgan fingerprint density at radius 2 is 1.81 bits per heavy atom. The van der Waals surface area contributed by atoms with Crippen LogP contribution in [-0.4, -0.2) is 60.2 Å². The molecular weight excluding hydrogens is 448 g/mol. The van der Waals surface area contributed by atoms with Gasteiger partial charge < -0.3 is 14.4 Å². The Morgan fingerprint density at radius 1 is 0.917 bits per heavy atom. The van der Waals surface area contributed by atoms with Crippen LogP contribution in [0.2, 0.25) is 0 Å². The molecule has 1 saturated carbocycles. The zero-order chi connectivity index (χ0) is 24.1. The van der Waals surface area contributed by atoms with E-state index < -0.39 is 0 Å². The molecular formula is C31H38N2O3. The van der Waals surface area contributed by atoms with E-state index in [1.54, 1.807) is 0 Å². The van der Waals surface area contributed by atoms with Gasteiger partial charge in [0.25, 0.3) is 5.91 Å². The SMILES string of the molecule is O=C1c2ccc(OC[C@@H]3CCCO3)cc2CCN1[C@@H]1Cc2ccc(CN3CC4CCC3CC4)cc2C1. The zero-order valence-electron chi connectivity index (χ0n) is 21.3. The van der Waals surface area contributed by atoms with Crippen LogP contribution in [0.1, 0.15) is 71.1 Å². The number of rotatable bonds is 6. The molecule has 4 fully saturated rings. The molecule has 36 heavy (non-hydrogen) atoms. The van der Waals surface area contributed by atoms with Gasteiger partial charge in [0.1, 0.15) is 12.4 Å². The first-order valence-electron chi connectivity index (χ1n) is 14.2. The molecule has 0 spiro atoms. The molecule has 190 valence electrons. The Bertz CT molecular complexity index is 1130. The van der Waals surface area contributed by atoms with Crippen LogP contribution in [0.5, 0.6) is 5.75 Å². The summed E-state index contributed by atoms with van der Waals surface area (Å²) < 4.78 is 11.7. The van der Waals surface area contributed by atoms with Crippen LogP contribution in [0.15, 0.2) is 36.4 Å². The summed E-state index contributed by atoms with van der Waals surface area (Å²) in [5.41, 5.74) is 6.31. The highest BCUT2D eigenvalue weighted by Gasteiger charge is 2.35. The molecule has 2 aromatic carbocycles. The number of hydrogen-bond donors (Lipinski definition) is 0. The molecule has 2 atom stereocenters. The maximum atomic E-state index is 13.5. The second-order valence-electron chi connectivity index (χ2n) is 11.8. The Kier molecular flexibility index (Phi) is 6.01. The molecule has 0 aromatic heterocycles. The van der Waals surface area contributed by atoms with Crippen molar-refractivity contribution in [2.75, 3.05) is 26.3 Å². The Labute approximate surface area is 214 Å². The van der Waals surface area contributed by atoms with E-state index in [2.05, 4.69) is 34.1 Å². The number of piperidine rings is 2. The summed E-state index contributed by atoms with van der Waals surface area (Å²) in [6, 6.07) is 14.2. The van der Waals surface area contributed by atoms with Gasteiger partial charge in [0.05, 0.1) is 6.10 Å². The molecule has 2 bridgehead atoms. The molecule has 6 aliphatic rings. The fraction of sp³-hybridized carbons (Fsp3) is 0.581. The average Bonchev–Trinajstić information content (AvgIpc) is 3.58. The summed E-state index contributed by atoms with van der Waals surface area (Å²) in [4.78, 5) is 18.4. The van der Waals surface area contributed by atoms with Crippen molar-refractivity contribution in [3.8, 4) is 5.75 Å². The lowest BCUT2D eigenvalue weighted by Gasteiger charge is -2.45.